The third kappa shape index (κ3) is 12.2. The molecule has 6 aromatic heterocycles. The summed E-state index contributed by atoms with van der Waals surface area (Å²) in [5.41, 5.74) is 28.3. The quantitative estimate of drug-likeness (QED) is 0.112. The Kier molecular flexibility index (Phi) is 16.6. The number of benzene rings is 16. The van der Waals surface area contributed by atoms with E-state index in [2.05, 4.69) is 270 Å². The van der Waals surface area contributed by atoms with E-state index in [9.17, 15) is 0 Å². The standard InChI is InChI=1S/C53H32N4O.C52H34N4O/c1-54-40-31-44(52-46(32-40)43-17-9-11-19-51(43)58-52)35-24-27-41(28-25-35)57-49-18-10-8-16-42(49)45-30-39(26-29-50(45)57)34-20-22-38(23-21-34)53-55-47(36-12-4-2-5-13-36)33-48(56-53)37-14-6-3-7-15-37;1-33-12-10-19-43-44-20-11-18-41(49(44)57-48(33)43)35-26-29-40(30-27-35)56-46-21-9-8-17-42(46)45-32-39(28-31-47(45)56)34-22-24-38(25-23-34)52-54-50(36-13-4-2-5-14-36)53-51(55-52)37-15-6-3-7-16-37/h2-33H;2-32H,1H3. The zero-order valence-electron chi connectivity index (χ0n) is 62.3. The van der Waals surface area contributed by atoms with Crippen LogP contribution in [-0.2, 0) is 0 Å². The Morgan fingerprint density at radius 3 is 1.12 bits per heavy atom. The lowest BCUT2D eigenvalue weighted by Crippen LogP contribution is -2.00. The van der Waals surface area contributed by atoms with Gasteiger partial charge >= 0.3 is 0 Å². The van der Waals surface area contributed by atoms with E-state index in [1.807, 2.05) is 133 Å². The normalized spacial score (nSPS) is 11.5. The monoisotopic (exact) mass is 1470 g/mol. The summed E-state index contributed by atoms with van der Waals surface area (Å²) in [4.78, 5) is 28.6. The van der Waals surface area contributed by atoms with Crippen molar-refractivity contribution in [2.24, 2.45) is 0 Å². The third-order valence-electron chi connectivity index (χ3n) is 22.0. The minimum atomic E-state index is 0.591. The van der Waals surface area contributed by atoms with E-state index < -0.39 is 0 Å². The highest BCUT2D eigenvalue weighted by atomic mass is 16.3. The molecule has 115 heavy (non-hydrogen) atoms. The van der Waals surface area contributed by atoms with Crippen LogP contribution in [0.25, 0.3) is 216 Å². The molecule has 0 aliphatic heterocycles. The lowest BCUT2D eigenvalue weighted by Gasteiger charge is -2.11. The number of fused-ring (bicyclic) bond motifs is 12. The summed E-state index contributed by atoms with van der Waals surface area (Å²) >= 11 is 0. The van der Waals surface area contributed by atoms with E-state index in [4.69, 9.17) is 40.3 Å². The predicted molar refractivity (Wildman–Crippen MR) is 470 cm³/mol. The third-order valence-corrected chi connectivity index (χ3v) is 22.0. The molecule has 0 saturated heterocycles. The van der Waals surface area contributed by atoms with Gasteiger partial charge in [0, 0.05) is 99.0 Å². The summed E-state index contributed by atoms with van der Waals surface area (Å²) in [6.07, 6.45) is 0. The van der Waals surface area contributed by atoms with Gasteiger partial charge in [0.1, 0.15) is 22.3 Å². The molecule has 0 fully saturated rings. The second-order valence-corrected chi connectivity index (χ2v) is 29.0. The van der Waals surface area contributed by atoms with Crippen LogP contribution in [0.5, 0.6) is 0 Å². The highest BCUT2D eigenvalue weighted by Crippen LogP contribution is 2.44. The molecule has 10 heteroatoms. The molecule has 0 aliphatic rings. The molecule has 0 unspecified atom stereocenters. The Bertz CT molecular complexity index is 7440. The minimum Gasteiger partial charge on any atom is -0.456 e. The zero-order valence-corrected chi connectivity index (χ0v) is 62.3. The van der Waals surface area contributed by atoms with Crippen LogP contribution >= 0.6 is 0 Å². The summed E-state index contributed by atoms with van der Waals surface area (Å²) < 4.78 is 17.5. The van der Waals surface area contributed by atoms with Crippen LogP contribution in [0.15, 0.2) is 391 Å². The fraction of sp³-hybridized carbons (Fsp3) is 0.00952. The van der Waals surface area contributed by atoms with Crippen molar-refractivity contribution in [3.05, 3.63) is 399 Å². The highest BCUT2D eigenvalue weighted by Gasteiger charge is 2.22. The maximum absolute atomic E-state index is 7.79. The minimum absolute atomic E-state index is 0.591. The van der Waals surface area contributed by atoms with Crippen LogP contribution in [0.4, 0.5) is 5.69 Å². The molecule has 0 bridgehead atoms. The Balaban J connectivity index is 0.000000144. The molecule has 0 atom stereocenters. The SMILES string of the molecule is Cc1cccc2c1oc1c(-c3ccc(-n4c5ccccc5c5cc(-c6ccc(-c7nc(-c8ccccc8)nc(-c8ccccc8)n7)cc6)ccc54)cc3)cccc12.[C-]#[N+]c1cc(-c2ccc(-n3c4ccccc4c4cc(-c5ccc(-c6nc(-c7ccccc7)cc(-c7ccccc7)n6)cc5)ccc43)cc2)c2oc3ccccc3c2c1. The Morgan fingerprint density at radius 1 is 0.243 bits per heavy atom. The molecule has 22 rings (SSSR count). The number of rotatable bonds is 12. The number of hydrogen-bond acceptors (Lipinski definition) is 7. The van der Waals surface area contributed by atoms with E-state index in [1.165, 1.54) is 27.1 Å². The molecular formula is C105H66N8O2. The number of aryl methyl sites for hydroxylation is 1. The molecule has 22 aromatic rings. The van der Waals surface area contributed by atoms with Gasteiger partial charge in [0.05, 0.1) is 40.0 Å². The maximum atomic E-state index is 7.79. The molecule has 16 aromatic carbocycles. The van der Waals surface area contributed by atoms with Crippen molar-refractivity contribution >= 4 is 93.2 Å². The second-order valence-electron chi connectivity index (χ2n) is 29.0. The van der Waals surface area contributed by atoms with E-state index in [0.29, 0.717) is 29.0 Å². The van der Waals surface area contributed by atoms with Gasteiger partial charge in [-0.05, 0) is 131 Å². The van der Waals surface area contributed by atoms with Crippen molar-refractivity contribution < 1.29 is 8.83 Å². The molecule has 0 saturated carbocycles. The average molecular weight is 1470 g/mol. The molecule has 0 radical (unpaired) electrons. The molecule has 0 spiro atoms. The van der Waals surface area contributed by atoms with Crippen molar-refractivity contribution in [1.82, 2.24) is 34.1 Å². The Morgan fingerprint density at radius 2 is 0.617 bits per heavy atom. The molecule has 0 aliphatic carbocycles. The smallest absolute Gasteiger partial charge is 0.188 e. The lowest BCUT2D eigenvalue weighted by molar-refractivity contribution is 0.667. The highest BCUT2D eigenvalue weighted by molar-refractivity contribution is 6.14. The summed E-state index contributed by atoms with van der Waals surface area (Å²) in [5.74, 6) is 2.64. The Labute approximate surface area is 661 Å². The summed E-state index contributed by atoms with van der Waals surface area (Å²) in [5, 5.41) is 9.06. The summed E-state index contributed by atoms with van der Waals surface area (Å²) in [6, 6.07) is 133. The zero-order chi connectivity index (χ0) is 76.5. The van der Waals surface area contributed by atoms with Crippen molar-refractivity contribution in [2.75, 3.05) is 0 Å². The van der Waals surface area contributed by atoms with Crippen molar-refractivity contribution in [2.45, 2.75) is 6.92 Å². The maximum Gasteiger partial charge on any atom is 0.188 e. The molecular weight excluding hydrogens is 1410 g/mol. The van der Waals surface area contributed by atoms with E-state index in [1.54, 1.807) is 0 Å². The van der Waals surface area contributed by atoms with Gasteiger partial charge in [-0.1, -0.05) is 297 Å². The van der Waals surface area contributed by atoms with Crippen molar-refractivity contribution in [3.63, 3.8) is 0 Å². The number of hydrogen-bond donors (Lipinski definition) is 0. The Hall–Kier alpha value is -15.7. The van der Waals surface area contributed by atoms with Crippen LogP contribution in [-0.4, -0.2) is 34.1 Å². The van der Waals surface area contributed by atoms with Gasteiger partial charge < -0.3 is 18.0 Å². The fourth-order valence-corrected chi connectivity index (χ4v) is 16.4. The first-order chi connectivity index (χ1) is 56.8. The second kappa shape index (κ2) is 28.3. The fourth-order valence-electron chi connectivity index (χ4n) is 16.4. The molecule has 0 amide bonds. The molecule has 538 valence electrons. The van der Waals surface area contributed by atoms with Crippen LogP contribution in [0, 0.1) is 13.5 Å². The van der Waals surface area contributed by atoms with E-state index >= 15 is 0 Å². The van der Waals surface area contributed by atoms with Gasteiger partial charge in [0.2, 0.25) is 0 Å². The van der Waals surface area contributed by atoms with E-state index in [-0.39, 0.29) is 0 Å². The summed E-state index contributed by atoms with van der Waals surface area (Å²) in [7, 11) is 0. The van der Waals surface area contributed by atoms with Crippen molar-refractivity contribution in [1.29, 1.82) is 0 Å². The number of furan rings is 2. The largest absolute Gasteiger partial charge is 0.456 e. The first-order valence-electron chi connectivity index (χ1n) is 38.4. The van der Waals surface area contributed by atoms with Crippen LogP contribution in [0.3, 0.4) is 0 Å². The van der Waals surface area contributed by atoms with Gasteiger partial charge in [-0.15, -0.1) is 0 Å². The molecule has 0 N–H and O–H groups in total. The first-order valence-corrected chi connectivity index (χ1v) is 38.4. The van der Waals surface area contributed by atoms with Gasteiger partial charge in [-0.2, -0.15) is 0 Å². The van der Waals surface area contributed by atoms with Crippen molar-refractivity contribution in [3.8, 4) is 124 Å². The summed E-state index contributed by atoms with van der Waals surface area (Å²) in [6.45, 7) is 9.89. The average Bonchev–Trinajstić information content (AvgIpc) is 1.60. The van der Waals surface area contributed by atoms with E-state index in [0.717, 1.165) is 167 Å². The van der Waals surface area contributed by atoms with Gasteiger partial charge in [0.15, 0.2) is 29.0 Å². The number of aromatic nitrogens is 7. The molecule has 6 heterocycles. The van der Waals surface area contributed by atoms with Crippen LogP contribution in [0.1, 0.15) is 5.56 Å². The lowest BCUT2D eigenvalue weighted by atomic mass is 10.0. The van der Waals surface area contributed by atoms with Gasteiger partial charge in [-0.25, -0.2) is 29.8 Å². The topological polar surface area (TPSA) is 105 Å². The molecule has 10 nitrogen and oxygen atoms in total. The van der Waals surface area contributed by atoms with Gasteiger partial charge in [-0.3, -0.25) is 0 Å². The van der Waals surface area contributed by atoms with Crippen LogP contribution in [0.2, 0.25) is 0 Å². The number of nitrogens with zero attached hydrogens (tertiary/aromatic N) is 8. The predicted octanol–water partition coefficient (Wildman–Crippen LogP) is 27.9. The van der Waals surface area contributed by atoms with Gasteiger partial charge in [0.25, 0.3) is 0 Å². The first kappa shape index (κ1) is 67.4. The number of para-hydroxylation sites is 5. The van der Waals surface area contributed by atoms with Crippen LogP contribution < -0.4 is 0 Å².